The average molecular weight is 502 g/mol. The van der Waals surface area contributed by atoms with Gasteiger partial charge in [-0.3, -0.25) is 24.6 Å². The lowest BCUT2D eigenvalue weighted by Gasteiger charge is -2.13. The molecule has 36 heavy (non-hydrogen) atoms. The Bertz CT molecular complexity index is 1430. The maximum absolute atomic E-state index is 12.9. The second-order valence-corrected chi connectivity index (χ2v) is 8.66. The highest BCUT2D eigenvalue weighted by Gasteiger charge is 2.35. The fourth-order valence-corrected chi connectivity index (χ4v) is 4.38. The van der Waals surface area contributed by atoms with Gasteiger partial charge in [0.2, 0.25) is 0 Å². The number of hydrogen-bond acceptors (Lipinski definition) is 8. The van der Waals surface area contributed by atoms with E-state index >= 15 is 0 Å². The molecule has 3 aromatic rings. The lowest BCUT2D eigenvalue weighted by Crippen LogP contribution is -2.27. The molecule has 0 aliphatic carbocycles. The molecule has 1 saturated heterocycles. The highest BCUT2D eigenvalue weighted by molar-refractivity contribution is 8.18. The third-order valence-electron chi connectivity index (χ3n) is 5.34. The summed E-state index contributed by atoms with van der Waals surface area (Å²) in [6.07, 6.45) is 1.58. The number of carbonyl (C=O) groups is 2. The van der Waals surface area contributed by atoms with Gasteiger partial charge in [-0.2, -0.15) is 5.26 Å². The van der Waals surface area contributed by atoms with Crippen LogP contribution in [-0.2, 0) is 17.9 Å². The Morgan fingerprint density at radius 1 is 1.08 bits per heavy atom. The number of methoxy groups -OCH3 is 1. The second-order valence-electron chi connectivity index (χ2n) is 7.66. The summed E-state index contributed by atoms with van der Waals surface area (Å²) in [5.41, 5.74) is 2.25. The lowest BCUT2D eigenvalue weighted by molar-refractivity contribution is -0.384. The van der Waals surface area contributed by atoms with Crippen LogP contribution in [0.25, 0.3) is 6.08 Å². The monoisotopic (exact) mass is 501 g/mol. The van der Waals surface area contributed by atoms with E-state index in [0.29, 0.717) is 28.2 Å². The topological polar surface area (TPSA) is 123 Å². The number of carbonyl (C=O) groups excluding carboxylic acids is 2. The minimum Gasteiger partial charge on any atom is -0.493 e. The smallest absolute Gasteiger partial charge is 0.293 e. The molecule has 0 saturated carbocycles. The molecule has 0 unspecified atom stereocenters. The van der Waals surface area contributed by atoms with Crippen LogP contribution >= 0.6 is 11.8 Å². The Morgan fingerprint density at radius 3 is 2.64 bits per heavy atom. The van der Waals surface area contributed by atoms with E-state index in [9.17, 15) is 25.0 Å². The number of ether oxygens (including phenoxy) is 2. The van der Waals surface area contributed by atoms with Crippen LogP contribution in [0.15, 0.2) is 71.6 Å². The Kier molecular flexibility index (Phi) is 7.32. The molecule has 1 aliphatic heterocycles. The van der Waals surface area contributed by atoms with Crippen molar-refractivity contribution in [3.63, 3.8) is 0 Å². The Morgan fingerprint density at radius 2 is 1.89 bits per heavy atom. The minimum absolute atomic E-state index is 0.0655. The number of thioether (sulfide) groups is 1. The Balaban J connectivity index is 1.50. The SMILES string of the molecule is COc1cc(C=C2SC(=O)N(Cc3cccc([N+](=O)[O-])c3)C2=O)ccc1OCc1ccccc1C#N. The molecule has 180 valence electrons. The van der Waals surface area contributed by atoms with E-state index < -0.39 is 16.1 Å². The lowest BCUT2D eigenvalue weighted by atomic mass is 10.1. The molecule has 0 N–H and O–H groups in total. The van der Waals surface area contributed by atoms with Gasteiger partial charge in [0.15, 0.2) is 11.5 Å². The first-order chi connectivity index (χ1) is 17.4. The van der Waals surface area contributed by atoms with E-state index in [-0.39, 0.29) is 23.7 Å². The maximum Gasteiger partial charge on any atom is 0.293 e. The number of imide groups is 1. The van der Waals surface area contributed by atoms with Crippen LogP contribution in [-0.4, -0.2) is 28.1 Å². The molecule has 1 aliphatic rings. The highest BCUT2D eigenvalue weighted by Crippen LogP contribution is 2.35. The molecule has 0 radical (unpaired) electrons. The molecule has 0 atom stereocenters. The number of benzene rings is 3. The van der Waals surface area contributed by atoms with E-state index in [1.165, 1.54) is 25.3 Å². The van der Waals surface area contributed by atoms with Gasteiger partial charge in [-0.05, 0) is 47.2 Å². The third kappa shape index (κ3) is 5.37. The van der Waals surface area contributed by atoms with Crippen LogP contribution in [0.5, 0.6) is 11.5 Å². The van der Waals surface area contributed by atoms with Crippen molar-refractivity contribution in [2.75, 3.05) is 7.11 Å². The molecule has 1 fully saturated rings. The van der Waals surface area contributed by atoms with Gasteiger partial charge >= 0.3 is 0 Å². The normalized spacial score (nSPS) is 14.1. The summed E-state index contributed by atoms with van der Waals surface area (Å²) < 4.78 is 11.3. The first kappa shape index (κ1) is 24.5. The summed E-state index contributed by atoms with van der Waals surface area (Å²) in [5, 5.41) is 19.8. The molecule has 3 aromatic carbocycles. The summed E-state index contributed by atoms with van der Waals surface area (Å²) in [6, 6.07) is 20.2. The zero-order chi connectivity index (χ0) is 25.7. The predicted molar refractivity (Wildman–Crippen MR) is 133 cm³/mol. The van der Waals surface area contributed by atoms with Crippen LogP contribution in [0.1, 0.15) is 22.3 Å². The van der Waals surface area contributed by atoms with Crippen LogP contribution in [0, 0.1) is 21.4 Å². The van der Waals surface area contributed by atoms with Crippen molar-refractivity contribution in [1.82, 2.24) is 4.90 Å². The molecular weight excluding hydrogens is 482 g/mol. The van der Waals surface area contributed by atoms with Gasteiger partial charge in [0.1, 0.15) is 6.61 Å². The van der Waals surface area contributed by atoms with Gasteiger partial charge in [-0.1, -0.05) is 36.4 Å². The molecular formula is C26H19N3O6S. The van der Waals surface area contributed by atoms with Crippen molar-refractivity contribution in [3.8, 4) is 17.6 Å². The number of nitriles is 1. The standard InChI is InChI=1S/C26H19N3O6S/c1-34-23-12-17(9-10-22(23)35-16-20-7-3-2-6-19(20)14-27)13-24-25(30)28(26(31)36-24)15-18-5-4-8-21(11-18)29(32)33/h2-13H,15-16H2,1H3. The number of nitrogens with zero attached hydrogens (tertiary/aromatic N) is 3. The molecule has 10 heteroatoms. The summed E-state index contributed by atoms with van der Waals surface area (Å²) in [4.78, 5) is 37.1. The van der Waals surface area contributed by atoms with Gasteiger partial charge in [0, 0.05) is 17.7 Å². The first-order valence-electron chi connectivity index (χ1n) is 10.7. The number of hydrogen-bond donors (Lipinski definition) is 0. The van der Waals surface area contributed by atoms with E-state index in [4.69, 9.17) is 9.47 Å². The fraction of sp³-hybridized carbons (Fsp3) is 0.115. The van der Waals surface area contributed by atoms with E-state index in [1.54, 1.807) is 42.5 Å². The molecule has 0 spiro atoms. The van der Waals surface area contributed by atoms with Crippen molar-refractivity contribution in [3.05, 3.63) is 104 Å². The first-order valence-corrected chi connectivity index (χ1v) is 11.5. The minimum atomic E-state index is -0.528. The van der Waals surface area contributed by atoms with Gasteiger partial charge in [-0.25, -0.2) is 0 Å². The van der Waals surface area contributed by atoms with Gasteiger partial charge < -0.3 is 9.47 Å². The second kappa shape index (κ2) is 10.8. The van der Waals surface area contributed by atoms with Gasteiger partial charge in [-0.15, -0.1) is 0 Å². The van der Waals surface area contributed by atoms with Crippen molar-refractivity contribution in [2.45, 2.75) is 13.2 Å². The molecule has 0 aromatic heterocycles. The molecule has 4 rings (SSSR count). The van der Waals surface area contributed by atoms with E-state index in [0.717, 1.165) is 22.2 Å². The van der Waals surface area contributed by atoms with E-state index in [2.05, 4.69) is 6.07 Å². The molecule has 9 nitrogen and oxygen atoms in total. The molecule has 0 bridgehead atoms. The summed E-state index contributed by atoms with van der Waals surface area (Å²) in [7, 11) is 1.49. The zero-order valence-corrected chi connectivity index (χ0v) is 19.9. The summed E-state index contributed by atoms with van der Waals surface area (Å²) in [6.45, 7) is 0.111. The summed E-state index contributed by atoms with van der Waals surface area (Å²) in [5.74, 6) is 0.402. The number of non-ortho nitro benzene ring substituents is 1. The van der Waals surface area contributed by atoms with Crippen LogP contribution in [0.4, 0.5) is 10.5 Å². The number of rotatable bonds is 8. The predicted octanol–water partition coefficient (Wildman–Crippen LogP) is 5.29. The Hall–Kier alpha value is -4.62. The highest BCUT2D eigenvalue weighted by atomic mass is 32.2. The quantitative estimate of drug-likeness (QED) is 0.232. The summed E-state index contributed by atoms with van der Waals surface area (Å²) >= 11 is 0.798. The fourth-order valence-electron chi connectivity index (χ4n) is 3.54. The maximum atomic E-state index is 12.9. The number of nitro groups is 1. The number of amides is 2. The average Bonchev–Trinajstić information content (AvgIpc) is 3.15. The van der Waals surface area contributed by atoms with Gasteiger partial charge in [0.25, 0.3) is 16.8 Å². The van der Waals surface area contributed by atoms with Crippen molar-refractivity contribution in [2.24, 2.45) is 0 Å². The van der Waals surface area contributed by atoms with Crippen LogP contribution in [0.3, 0.4) is 0 Å². The van der Waals surface area contributed by atoms with E-state index in [1.807, 2.05) is 12.1 Å². The largest absolute Gasteiger partial charge is 0.493 e. The van der Waals surface area contributed by atoms with Gasteiger partial charge in [0.05, 0.1) is 35.1 Å². The van der Waals surface area contributed by atoms with Crippen molar-refractivity contribution >= 4 is 34.7 Å². The molecule has 1 heterocycles. The zero-order valence-electron chi connectivity index (χ0n) is 19.0. The van der Waals surface area contributed by atoms with Crippen molar-refractivity contribution in [1.29, 1.82) is 5.26 Å². The Labute approximate surface area is 210 Å². The molecule has 2 amide bonds. The van der Waals surface area contributed by atoms with Crippen LogP contribution in [0.2, 0.25) is 0 Å². The van der Waals surface area contributed by atoms with Crippen LogP contribution < -0.4 is 9.47 Å². The van der Waals surface area contributed by atoms with Crippen molar-refractivity contribution < 1.29 is 24.0 Å². The number of nitro benzene ring substituents is 1. The third-order valence-corrected chi connectivity index (χ3v) is 6.25.